The minimum absolute atomic E-state index is 0.00339. The van der Waals surface area contributed by atoms with Crippen LogP contribution in [0.25, 0.3) is 0 Å². The molecule has 1 aliphatic carbocycles. The summed E-state index contributed by atoms with van der Waals surface area (Å²) >= 11 is 0. The van der Waals surface area contributed by atoms with E-state index in [2.05, 4.69) is 0 Å². The molecule has 0 bridgehead atoms. The zero-order valence-corrected chi connectivity index (χ0v) is 10.2. The number of fused-ring (bicyclic) bond motifs is 1. The maximum atomic E-state index is 9.93. The fourth-order valence-electron chi connectivity index (χ4n) is 2.98. The predicted octanol–water partition coefficient (Wildman–Crippen LogP) is 0.808. The molecule has 2 aliphatic rings. The topological polar surface area (TPSA) is 69.9 Å². The van der Waals surface area contributed by atoms with Gasteiger partial charge in [0.15, 0.2) is 6.29 Å². The zero-order chi connectivity index (χ0) is 12.4. The Balaban J connectivity index is 1.95. The molecule has 1 heterocycles. The number of ether oxygens (including phenoxy) is 1. The van der Waals surface area contributed by atoms with Crippen molar-refractivity contribution in [3.63, 3.8) is 0 Å². The molecule has 1 saturated heterocycles. The van der Waals surface area contributed by atoms with Gasteiger partial charge in [-0.05, 0) is 12.3 Å². The van der Waals surface area contributed by atoms with Crippen molar-refractivity contribution in [2.75, 3.05) is 0 Å². The Kier molecular flexibility index (Phi) is 4.20. The van der Waals surface area contributed by atoms with Crippen LogP contribution in [0.5, 0.6) is 0 Å². The van der Waals surface area contributed by atoms with Crippen LogP contribution in [-0.2, 0) is 4.74 Å². The van der Waals surface area contributed by atoms with Gasteiger partial charge < -0.3 is 20.1 Å². The third-order valence-electron chi connectivity index (χ3n) is 3.84. The second-order valence-corrected chi connectivity index (χ2v) is 5.15. The minimum Gasteiger partial charge on any atom is -0.392 e. The van der Waals surface area contributed by atoms with Gasteiger partial charge in [0.1, 0.15) is 0 Å². The average Bonchev–Trinajstić information content (AvgIpc) is 2.71. The molecule has 17 heavy (non-hydrogen) atoms. The summed E-state index contributed by atoms with van der Waals surface area (Å²) in [5.74, 6) is 0.189. The summed E-state index contributed by atoms with van der Waals surface area (Å²) in [5, 5.41) is 29.0. The molecule has 98 valence electrons. The van der Waals surface area contributed by atoms with Crippen LogP contribution < -0.4 is 0 Å². The van der Waals surface area contributed by atoms with Crippen LogP contribution in [0.1, 0.15) is 32.6 Å². The highest BCUT2D eigenvalue weighted by atomic mass is 16.6. The Labute approximate surface area is 102 Å². The highest BCUT2D eigenvalue weighted by molar-refractivity contribution is 5.06. The summed E-state index contributed by atoms with van der Waals surface area (Å²) in [6.07, 6.45) is 4.95. The molecule has 0 aromatic carbocycles. The standard InChI is InChI=1S/C13H22O4/c1-2-3-8(14)4-5-9-10-6-13(16)17-12(10)7-11(9)15/h4-5,8-16H,2-3,6-7H2,1H3/b5-4+. The lowest BCUT2D eigenvalue weighted by Gasteiger charge is -2.16. The Bertz CT molecular complexity index is 279. The average molecular weight is 242 g/mol. The highest BCUT2D eigenvalue weighted by Crippen LogP contribution is 2.43. The van der Waals surface area contributed by atoms with Gasteiger partial charge in [-0.15, -0.1) is 0 Å². The van der Waals surface area contributed by atoms with Gasteiger partial charge in [0.05, 0.1) is 18.3 Å². The third kappa shape index (κ3) is 2.88. The van der Waals surface area contributed by atoms with Gasteiger partial charge >= 0.3 is 0 Å². The van der Waals surface area contributed by atoms with Crippen LogP contribution in [0.4, 0.5) is 0 Å². The van der Waals surface area contributed by atoms with E-state index in [4.69, 9.17) is 4.74 Å². The largest absolute Gasteiger partial charge is 0.392 e. The number of rotatable bonds is 4. The molecular formula is C13H22O4. The molecule has 4 nitrogen and oxygen atoms in total. The smallest absolute Gasteiger partial charge is 0.155 e. The molecule has 0 aromatic heterocycles. The Morgan fingerprint density at radius 1 is 1.35 bits per heavy atom. The van der Waals surface area contributed by atoms with E-state index in [1.165, 1.54) is 0 Å². The summed E-state index contributed by atoms with van der Waals surface area (Å²) < 4.78 is 5.34. The molecule has 0 radical (unpaired) electrons. The van der Waals surface area contributed by atoms with Gasteiger partial charge in [-0.2, -0.15) is 0 Å². The summed E-state index contributed by atoms with van der Waals surface area (Å²) in [6, 6.07) is 0. The van der Waals surface area contributed by atoms with E-state index in [1.54, 1.807) is 6.08 Å². The van der Waals surface area contributed by atoms with E-state index < -0.39 is 18.5 Å². The van der Waals surface area contributed by atoms with Gasteiger partial charge in [-0.25, -0.2) is 0 Å². The van der Waals surface area contributed by atoms with Crippen molar-refractivity contribution < 1.29 is 20.1 Å². The molecule has 2 fully saturated rings. The van der Waals surface area contributed by atoms with E-state index in [-0.39, 0.29) is 17.9 Å². The first-order valence-electron chi connectivity index (χ1n) is 6.49. The molecule has 0 amide bonds. The molecule has 1 aliphatic heterocycles. The maximum Gasteiger partial charge on any atom is 0.155 e. The minimum atomic E-state index is -0.686. The van der Waals surface area contributed by atoms with E-state index in [0.717, 1.165) is 12.8 Å². The van der Waals surface area contributed by atoms with Crippen molar-refractivity contribution in [2.45, 2.75) is 57.2 Å². The molecule has 2 rings (SSSR count). The fourth-order valence-corrected chi connectivity index (χ4v) is 2.98. The van der Waals surface area contributed by atoms with Crippen molar-refractivity contribution in [3.05, 3.63) is 12.2 Å². The van der Waals surface area contributed by atoms with Crippen molar-refractivity contribution in [2.24, 2.45) is 11.8 Å². The van der Waals surface area contributed by atoms with Gasteiger partial charge in [0.2, 0.25) is 0 Å². The predicted molar refractivity (Wildman–Crippen MR) is 63.2 cm³/mol. The lowest BCUT2D eigenvalue weighted by Crippen LogP contribution is -2.19. The molecule has 3 N–H and O–H groups in total. The second-order valence-electron chi connectivity index (χ2n) is 5.15. The van der Waals surface area contributed by atoms with E-state index >= 15 is 0 Å². The Hall–Kier alpha value is -0.420. The summed E-state index contributed by atoms with van der Waals surface area (Å²) in [6.45, 7) is 2.03. The normalized spacial score (nSPS) is 43.2. The van der Waals surface area contributed by atoms with E-state index in [0.29, 0.717) is 12.8 Å². The molecule has 1 saturated carbocycles. The molecule has 6 unspecified atom stereocenters. The summed E-state index contributed by atoms with van der Waals surface area (Å²) in [7, 11) is 0. The molecular weight excluding hydrogens is 220 g/mol. The summed E-state index contributed by atoms with van der Waals surface area (Å²) in [4.78, 5) is 0. The Morgan fingerprint density at radius 3 is 2.82 bits per heavy atom. The first kappa shape index (κ1) is 13.0. The second kappa shape index (κ2) is 5.48. The molecule has 0 aromatic rings. The first-order valence-corrected chi connectivity index (χ1v) is 6.49. The van der Waals surface area contributed by atoms with Gasteiger partial charge in [-0.3, -0.25) is 0 Å². The van der Waals surface area contributed by atoms with Crippen molar-refractivity contribution in [1.82, 2.24) is 0 Å². The zero-order valence-electron chi connectivity index (χ0n) is 10.2. The van der Waals surface area contributed by atoms with E-state index in [9.17, 15) is 15.3 Å². The van der Waals surface area contributed by atoms with Crippen molar-refractivity contribution >= 4 is 0 Å². The van der Waals surface area contributed by atoms with Gasteiger partial charge in [-0.1, -0.05) is 25.5 Å². The fraction of sp³-hybridized carbons (Fsp3) is 0.846. The van der Waals surface area contributed by atoms with Gasteiger partial charge in [0, 0.05) is 18.8 Å². The maximum absolute atomic E-state index is 9.93. The number of hydrogen-bond donors (Lipinski definition) is 3. The van der Waals surface area contributed by atoms with Crippen molar-refractivity contribution in [1.29, 1.82) is 0 Å². The molecule has 4 heteroatoms. The summed E-state index contributed by atoms with van der Waals surface area (Å²) in [5.41, 5.74) is 0. The van der Waals surface area contributed by atoms with Crippen LogP contribution in [0.2, 0.25) is 0 Å². The molecule has 6 atom stereocenters. The van der Waals surface area contributed by atoms with Gasteiger partial charge in [0.25, 0.3) is 0 Å². The number of aliphatic hydroxyl groups excluding tert-OH is 3. The third-order valence-corrected chi connectivity index (χ3v) is 3.84. The Morgan fingerprint density at radius 2 is 2.12 bits per heavy atom. The van der Waals surface area contributed by atoms with Crippen LogP contribution >= 0.6 is 0 Å². The van der Waals surface area contributed by atoms with Crippen LogP contribution in [0.15, 0.2) is 12.2 Å². The van der Waals surface area contributed by atoms with Crippen LogP contribution in [0.3, 0.4) is 0 Å². The number of aliphatic hydroxyl groups is 3. The lowest BCUT2D eigenvalue weighted by molar-refractivity contribution is -0.0949. The monoisotopic (exact) mass is 242 g/mol. The SMILES string of the molecule is CCCC(O)/C=C/C1C(O)CC2OC(O)CC21. The highest BCUT2D eigenvalue weighted by Gasteiger charge is 2.47. The lowest BCUT2D eigenvalue weighted by atomic mass is 9.91. The quantitative estimate of drug-likeness (QED) is 0.638. The van der Waals surface area contributed by atoms with E-state index in [1.807, 2.05) is 13.0 Å². The molecule has 0 spiro atoms. The van der Waals surface area contributed by atoms with Crippen molar-refractivity contribution in [3.8, 4) is 0 Å². The first-order chi connectivity index (χ1) is 8.11. The number of hydrogen-bond acceptors (Lipinski definition) is 4. The van der Waals surface area contributed by atoms with Crippen LogP contribution in [0, 0.1) is 11.8 Å². The van der Waals surface area contributed by atoms with Crippen LogP contribution in [-0.4, -0.2) is 39.9 Å².